The fraction of sp³-hybridized carbons (Fsp3) is 0.100. The summed E-state index contributed by atoms with van der Waals surface area (Å²) >= 11 is 5.80. The van der Waals surface area contributed by atoms with Crippen LogP contribution in [0.1, 0.15) is 11.1 Å². The third-order valence-corrected chi connectivity index (χ3v) is 1.99. The van der Waals surface area contributed by atoms with Gasteiger partial charge in [-0.3, -0.25) is 4.79 Å². The second-order valence-electron chi connectivity index (χ2n) is 2.70. The smallest absolute Gasteiger partial charge is 0.211 e. The van der Waals surface area contributed by atoms with E-state index in [0.717, 1.165) is 11.1 Å². The molecule has 0 aromatic heterocycles. The fourth-order valence-electron chi connectivity index (χ4n) is 1.07. The second-order valence-corrected chi connectivity index (χ2v) is 3.14. The molecule has 0 spiro atoms. The van der Waals surface area contributed by atoms with Crippen LogP contribution in [0.15, 0.2) is 24.8 Å². The Bertz CT molecular complexity index is 347. The second kappa shape index (κ2) is 4.10. The molecular formula is C10H10ClNO. The van der Waals surface area contributed by atoms with Crippen LogP contribution in [-0.4, -0.2) is 6.41 Å². The maximum Gasteiger partial charge on any atom is 0.211 e. The summed E-state index contributed by atoms with van der Waals surface area (Å²) in [5, 5.41) is 3.13. The van der Waals surface area contributed by atoms with Crippen LogP contribution in [0.4, 0.5) is 0 Å². The van der Waals surface area contributed by atoms with Crippen LogP contribution >= 0.6 is 11.6 Å². The molecule has 1 aromatic rings. The molecule has 2 nitrogen and oxygen atoms in total. The Kier molecular flexibility index (Phi) is 3.09. The van der Waals surface area contributed by atoms with Gasteiger partial charge >= 0.3 is 0 Å². The highest BCUT2D eigenvalue weighted by atomic mass is 35.5. The van der Waals surface area contributed by atoms with E-state index in [1.165, 1.54) is 0 Å². The molecular weight excluding hydrogens is 186 g/mol. The largest absolute Gasteiger partial charge is 0.329 e. The fourth-order valence-corrected chi connectivity index (χ4v) is 1.24. The van der Waals surface area contributed by atoms with Gasteiger partial charge in [0, 0.05) is 16.3 Å². The lowest BCUT2D eigenvalue weighted by Crippen LogP contribution is -2.08. The number of halogens is 1. The van der Waals surface area contributed by atoms with Crippen molar-refractivity contribution in [2.24, 2.45) is 0 Å². The van der Waals surface area contributed by atoms with E-state index in [-0.39, 0.29) is 0 Å². The van der Waals surface area contributed by atoms with E-state index in [0.29, 0.717) is 17.1 Å². The first-order valence-electron chi connectivity index (χ1n) is 3.80. The van der Waals surface area contributed by atoms with E-state index in [2.05, 4.69) is 11.9 Å². The Balaban J connectivity index is 3.05. The standard InChI is InChI=1S/C10H10ClNO/c1-7-3-4-9(11)5-10(7)8(2)12-6-13/h3-6H,2H2,1H3,(H,12,13). The molecule has 1 rings (SSSR count). The summed E-state index contributed by atoms with van der Waals surface area (Å²) in [7, 11) is 0. The van der Waals surface area contributed by atoms with Gasteiger partial charge in [-0.05, 0) is 24.6 Å². The Morgan fingerprint density at radius 2 is 2.31 bits per heavy atom. The summed E-state index contributed by atoms with van der Waals surface area (Å²) in [5.41, 5.74) is 2.46. The van der Waals surface area contributed by atoms with Gasteiger partial charge in [-0.2, -0.15) is 0 Å². The van der Waals surface area contributed by atoms with Crippen molar-refractivity contribution in [2.45, 2.75) is 6.92 Å². The van der Waals surface area contributed by atoms with Crippen molar-refractivity contribution >= 4 is 23.7 Å². The molecule has 1 amide bonds. The number of hydrogen-bond donors (Lipinski definition) is 1. The topological polar surface area (TPSA) is 29.1 Å². The lowest BCUT2D eigenvalue weighted by molar-refractivity contribution is -0.108. The SMILES string of the molecule is C=C(NC=O)c1cc(Cl)ccc1C. The minimum absolute atomic E-state index is 0.565. The van der Waals surface area contributed by atoms with Crippen molar-refractivity contribution in [1.29, 1.82) is 0 Å². The number of carbonyl (C=O) groups is 1. The first-order chi connectivity index (χ1) is 6.15. The Hall–Kier alpha value is -1.28. The average molecular weight is 196 g/mol. The van der Waals surface area contributed by atoms with Crippen molar-refractivity contribution in [3.05, 3.63) is 40.9 Å². The lowest BCUT2D eigenvalue weighted by atomic mass is 10.1. The Morgan fingerprint density at radius 1 is 1.62 bits per heavy atom. The highest BCUT2D eigenvalue weighted by Gasteiger charge is 2.02. The van der Waals surface area contributed by atoms with E-state index in [1.54, 1.807) is 12.1 Å². The van der Waals surface area contributed by atoms with Crippen LogP contribution in [0.2, 0.25) is 5.02 Å². The maximum absolute atomic E-state index is 10.2. The number of aryl methyl sites for hydroxylation is 1. The van der Waals surface area contributed by atoms with Crippen molar-refractivity contribution in [3.8, 4) is 0 Å². The van der Waals surface area contributed by atoms with Crippen LogP contribution in [0, 0.1) is 6.92 Å². The van der Waals surface area contributed by atoms with Gasteiger partial charge in [-0.25, -0.2) is 0 Å². The van der Waals surface area contributed by atoms with Crippen LogP contribution in [-0.2, 0) is 4.79 Å². The highest BCUT2D eigenvalue weighted by molar-refractivity contribution is 6.30. The summed E-state index contributed by atoms with van der Waals surface area (Å²) < 4.78 is 0. The van der Waals surface area contributed by atoms with Gasteiger partial charge in [0.15, 0.2) is 0 Å². The monoisotopic (exact) mass is 195 g/mol. The van der Waals surface area contributed by atoms with Crippen LogP contribution in [0.5, 0.6) is 0 Å². The molecule has 0 saturated carbocycles. The minimum atomic E-state index is 0.565. The van der Waals surface area contributed by atoms with Gasteiger partial charge in [0.1, 0.15) is 0 Å². The van der Waals surface area contributed by atoms with E-state index in [1.807, 2.05) is 13.0 Å². The zero-order chi connectivity index (χ0) is 9.84. The van der Waals surface area contributed by atoms with Crippen LogP contribution in [0.25, 0.3) is 5.70 Å². The zero-order valence-electron chi connectivity index (χ0n) is 7.30. The minimum Gasteiger partial charge on any atom is -0.329 e. The van der Waals surface area contributed by atoms with Gasteiger partial charge in [0.2, 0.25) is 6.41 Å². The molecule has 13 heavy (non-hydrogen) atoms. The molecule has 1 aromatic carbocycles. The number of benzene rings is 1. The normalized spacial score (nSPS) is 9.38. The van der Waals surface area contributed by atoms with E-state index in [9.17, 15) is 4.79 Å². The summed E-state index contributed by atoms with van der Waals surface area (Å²) in [6.07, 6.45) is 0.600. The summed E-state index contributed by atoms with van der Waals surface area (Å²) in [5.74, 6) is 0. The molecule has 3 heteroatoms. The molecule has 68 valence electrons. The Morgan fingerprint density at radius 3 is 2.92 bits per heavy atom. The molecule has 0 heterocycles. The molecule has 0 atom stereocenters. The molecule has 0 aliphatic rings. The van der Waals surface area contributed by atoms with Gasteiger partial charge in [0.25, 0.3) is 0 Å². The number of nitrogens with one attached hydrogen (secondary N) is 1. The molecule has 0 aliphatic heterocycles. The lowest BCUT2D eigenvalue weighted by Gasteiger charge is -2.07. The average Bonchev–Trinajstić information content (AvgIpc) is 2.09. The predicted octanol–water partition coefficient (Wildman–Crippen LogP) is 2.37. The molecule has 1 N–H and O–H groups in total. The number of amides is 1. The van der Waals surface area contributed by atoms with Crippen molar-refractivity contribution in [3.63, 3.8) is 0 Å². The van der Waals surface area contributed by atoms with E-state index in [4.69, 9.17) is 11.6 Å². The van der Waals surface area contributed by atoms with Crippen LogP contribution < -0.4 is 5.32 Å². The first-order valence-corrected chi connectivity index (χ1v) is 4.18. The van der Waals surface area contributed by atoms with Gasteiger partial charge < -0.3 is 5.32 Å². The van der Waals surface area contributed by atoms with E-state index >= 15 is 0 Å². The highest BCUT2D eigenvalue weighted by Crippen LogP contribution is 2.19. The number of hydrogen-bond acceptors (Lipinski definition) is 1. The summed E-state index contributed by atoms with van der Waals surface area (Å²) in [6.45, 7) is 5.65. The summed E-state index contributed by atoms with van der Waals surface area (Å²) in [6, 6.07) is 5.46. The molecule has 0 aliphatic carbocycles. The maximum atomic E-state index is 10.2. The molecule has 0 unspecified atom stereocenters. The first kappa shape index (κ1) is 9.81. The van der Waals surface area contributed by atoms with Crippen LogP contribution in [0.3, 0.4) is 0 Å². The van der Waals surface area contributed by atoms with Gasteiger partial charge in [-0.15, -0.1) is 0 Å². The predicted molar refractivity (Wildman–Crippen MR) is 54.4 cm³/mol. The molecule has 0 fully saturated rings. The van der Waals surface area contributed by atoms with Crippen molar-refractivity contribution in [2.75, 3.05) is 0 Å². The molecule has 0 saturated heterocycles. The Labute approximate surface area is 82.2 Å². The van der Waals surface area contributed by atoms with Crippen molar-refractivity contribution < 1.29 is 4.79 Å². The summed E-state index contributed by atoms with van der Waals surface area (Å²) in [4.78, 5) is 10.2. The van der Waals surface area contributed by atoms with Gasteiger partial charge in [0.05, 0.1) is 0 Å². The number of rotatable bonds is 3. The molecule has 0 bridgehead atoms. The third kappa shape index (κ3) is 2.33. The number of carbonyl (C=O) groups excluding carboxylic acids is 1. The molecule has 0 radical (unpaired) electrons. The third-order valence-electron chi connectivity index (χ3n) is 1.76. The van der Waals surface area contributed by atoms with Crippen molar-refractivity contribution in [1.82, 2.24) is 5.32 Å². The quantitative estimate of drug-likeness (QED) is 0.738. The zero-order valence-corrected chi connectivity index (χ0v) is 8.06. The van der Waals surface area contributed by atoms with Gasteiger partial charge in [-0.1, -0.05) is 24.2 Å². The van der Waals surface area contributed by atoms with E-state index < -0.39 is 0 Å².